The van der Waals surface area contributed by atoms with Crippen LogP contribution in [0.15, 0.2) is 23.2 Å². The van der Waals surface area contributed by atoms with Crippen molar-refractivity contribution in [2.24, 2.45) is 17.6 Å². The molecule has 2 aliphatic heterocycles. The number of carboxylic acids is 1. The standard InChI is InChI=1S/C19H22N4O5S2/c1-8-12(15(19(27)28)23-14(8)13(9(2)24)16(23)26)10-6-22-7-21(5-4-11(20)25)17(29-3)18(22)30-10/h6-9,13-14,24H,4-5H2,1-3H3,(H2-,20,25,27,28)/t8?,9-,13-,14+/m1/s1. The smallest absolute Gasteiger partial charge is 0.250 e. The zero-order valence-electron chi connectivity index (χ0n) is 16.7. The molecule has 1 saturated heterocycles. The van der Waals surface area contributed by atoms with E-state index in [1.54, 1.807) is 6.92 Å². The zero-order chi connectivity index (χ0) is 21.9. The highest BCUT2D eigenvalue weighted by Crippen LogP contribution is 2.51. The number of aliphatic hydroxyl groups excluding tert-OH is 1. The molecule has 1 fully saturated rings. The summed E-state index contributed by atoms with van der Waals surface area (Å²) in [6, 6.07) is -0.387. The highest BCUT2D eigenvalue weighted by molar-refractivity contribution is 7.98. The summed E-state index contributed by atoms with van der Waals surface area (Å²) < 4.78 is 3.83. The molecule has 0 bridgehead atoms. The number of hydrogen-bond acceptors (Lipinski definition) is 7. The van der Waals surface area contributed by atoms with Gasteiger partial charge in [0.1, 0.15) is 6.20 Å². The third-order valence-electron chi connectivity index (χ3n) is 5.83. The summed E-state index contributed by atoms with van der Waals surface area (Å²) in [4.78, 5) is 38.5. The number of rotatable bonds is 7. The first-order chi connectivity index (χ1) is 14.2. The molecule has 3 N–H and O–H groups in total. The van der Waals surface area contributed by atoms with Crippen molar-refractivity contribution in [3.8, 4) is 0 Å². The molecule has 1 unspecified atom stereocenters. The second kappa shape index (κ2) is 7.40. The van der Waals surface area contributed by atoms with Gasteiger partial charge in [0.2, 0.25) is 21.7 Å². The molecule has 2 aliphatic rings. The highest BCUT2D eigenvalue weighted by atomic mass is 32.2. The number of thiazole rings is 1. The molecular formula is C19H22N4O5S2. The number of aliphatic hydroxyl groups is 1. The summed E-state index contributed by atoms with van der Waals surface area (Å²) in [6.45, 7) is 3.88. The van der Waals surface area contributed by atoms with Crippen LogP contribution in [0, 0.1) is 11.8 Å². The largest absolute Gasteiger partial charge is 0.543 e. The lowest BCUT2D eigenvalue weighted by molar-refractivity contribution is -0.508. The fourth-order valence-corrected chi connectivity index (χ4v) is 6.74. The molecule has 0 aliphatic carbocycles. The van der Waals surface area contributed by atoms with Crippen LogP contribution in [-0.4, -0.2) is 50.8 Å². The summed E-state index contributed by atoms with van der Waals surface area (Å²) in [7, 11) is 0. The van der Waals surface area contributed by atoms with Crippen LogP contribution in [-0.2, 0) is 20.9 Å². The number of amides is 2. The quantitative estimate of drug-likeness (QED) is 0.323. The van der Waals surface area contributed by atoms with Gasteiger partial charge in [0.15, 0.2) is 0 Å². The van der Waals surface area contributed by atoms with E-state index in [0.717, 1.165) is 14.7 Å². The van der Waals surface area contributed by atoms with Crippen LogP contribution in [0.25, 0.3) is 10.4 Å². The van der Waals surface area contributed by atoms with Gasteiger partial charge in [0.05, 0.1) is 47.6 Å². The molecule has 4 rings (SSSR count). The van der Waals surface area contributed by atoms with Gasteiger partial charge in [-0.3, -0.25) is 9.59 Å². The maximum Gasteiger partial charge on any atom is 0.250 e. The first-order valence-electron chi connectivity index (χ1n) is 9.50. The molecule has 4 atom stereocenters. The topological polar surface area (TPSA) is 133 Å². The molecular weight excluding hydrogens is 428 g/mol. The first-order valence-corrected chi connectivity index (χ1v) is 11.5. The Labute approximate surface area is 180 Å². The number of carbonyl (C=O) groups is 3. The maximum absolute atomic E-state index is 12.5. The predicted octanol–water partition coefficient (Wildman–Crippen LogP) is -0.796. The molecule has 30 heavy (non-hydrogen) atoms. The predicted molar refractivity (Wildman–Crippen MR) is 108 cm³/mol. The van der Waals surface area contributed by atoms with Crippen LogP contribution >= 0.6 is 23.1 Å². The van der Waals surface area contributed by atoms with Crippen molar-refractivity contribution < 1.29 is 29.0 Å². The number of primary amides is 1. The average Bonchev–Trinajstić information content (AvgIpc) is 3.26. The number of aliphatic carboxylic acids is 1. The minimum Gasteiger partial charge on any atom is -0.543 e. The van der Waals surface area contributed by atoms with Gasteiger partial charge < -0.3 is 25.6 Å². The highest BCUT2D eigenvalue weighted by Gasteiger charge is 2.59. The van der Waals surface area contributed by atoms with Crippen LogP contribution in [0.2, 0.25) is 0 Å². The lowest BCUT2D eigenvalue weighted by Crippen LogP contribution is -2.64. The Hall–Kier alpha value is -2.37. The normalized spacial score (nSPS) is 24.3. The van der Waals surface area contributed by atoms with E-state index in [1.807, 2.05) is 34.7 Å². The van der Waals surface area contributed by atoms with Gasteiger partial charge in [0.25, 0.3) is 6.33 Å². The van der Waals surface area contributed by atoms with Crippen LogP contribution in [0.1, 0.15) is 25.1 Å². The second-order valence-corrected chi connectivity index (χ2v) is 9.47. The Balaban J connectivity index is 1.78. The number of fused-ring (bicyclic) bond motifs is 2. The Morgan fingerprint density at radius 1 is 1.47 bits per heavy atom. The van der Waals surface area contributed by atoms with Crippen LogP contribution in [0.3, 0.4) is 0 Å². The molecule has 11 heteroatoms. The second-order valence-electron chi connectivity index (χ2n) is 7.65. The summed E-state index contributed by atoms with van der Waals surface area (Å²) in [5.74, 6) is -3.02. The molecule has 4 heterocycles. The zero-order valence-corrected chi connectivity index (χ0v) is 18.3. The number of β-lactam (4-membered cyclic amide) rings is 1. The summed E-state index contributed by atoms with van der Waals surface area (Å²) in [5, 5.41) is 22.9. The van der Waals surface area contributed by atoms with Crippen LogP contribution < -0.4 is 15.2 Å². The average molecular weight is 451 g/mol. The Kier molecular flexibility index (Phi) is 5.15. The fraction of sp³-hybridized carbons (Fsp3) is 0.474. The van der Waals surface area contributed by atoms with E-state index in [0.29, 0.717) is 12.1 Å². The maximum atomic E-state index is 12.5. The number of nitrogens with two attached hydrogens (primary N) is 1. The Morgan fingerprint density at radius 2 is 2.17 bits per heavy atom. The molecule has 0 radical (unpaired) electrons. The lowest BCUT2D eigenvalue weighted by atomic mass is 9.77. The van der Waals surface area contributed by atoms with E-state index in [2.05, 4.69) is 0 Å². The lowest BCUT2D eigenvalue weighted by Gasteiger charge is -2.47. The SMILES string of the molecule is CSc1c2sc(C3=C(C(=O)[O-])N4C(=O)[C@H]([C@@H](C)O)[C@@H]4C3C)c[n+]2cn1CCC(N)=O. The summed E-state index contributed by atoms with van der Waals surface area (Å²) >= 11 is 2.95. The number of thioether (sulfide) groups is 1. The van der Waals surface area contributed by atoms with Crippen LogP contribution in [0.4, 0.5) is 0 Å². The van der Waals surface area contributed by atoms with Gasteiger partial charge in [-0.15, -0.1) is 0 Å². The molecule has 0 spiro atoms. The van der Waals surface area contributed by atoms with Crippen molar-refractivity contribution in [2.75, 3.05) is 6.26 Å². The number of hydrogen-bond donors (Lipinski definition) is 2. The summed E-state index contributed by atoms with van der Waals surface area (Å²) in [5.41, 5.74) is 5.71. The number of carboxylic acid groups (broad SMARTS) is 1. The van der Waals surface area contributed by atoms with Crippen molar-refractivity contribution in [3.63, 3.8) is 0 Å². The van der Waals surface area contributed by atoms with E-state index in [4.69, 9.17) is 5.73 Å². The fourth-order valence-electron chi connectivity index (χ4n) is 4.54. The minimum atomic E-state index is -1.39. The van der Waals surface area contributed by atoms with Gasteiger partial charge in [-0.1, -0.05) is 30.0 Å². The third kappa shape index (κ3) is 2.95. The van der Waals surface area contributed by atoms with Crippen LogP contribution in [0.5, 0.6) is 0 Å². The Morgan fingerprint density at radius 3 is 2.73 bits per heavy atom. The van der Waals surface area contributed by atoms with E-state index in [9.17, 15) is 24.6 Å². The van der Waals surface area contributed by atoms with Crippen molar-refractivity contribution in [3.05, 3.63) is 23.1 Å². The number of carbonyl (C=O) groups excluding carboxylic acids is 3. The van der Waals surface area contributed by atoms with Gasteiger partial charge in [0, 0.05) is 11.5 Å². The number of aromatic nitrogens is 2. The molecule has 2 aromatic heterocycles. The Bertz CT molecular complexity index is 1100. The van der Waals surface area contributed by atoms with Gasteiger partial charge in [-0.25, -0.2) is 4.57 Å². The van der Waals surface area contributed by atoms with E-state index < -0.39 is 18.0 Å². The van der Waals surface area contributed by atoms with Gasteiger partial charge in [-0.05, 0) is 13.2 Å². The molecule has 0 saturated carbocycles. The molecule has 0 aromatic carbocycles. The van der Waals surface area contributed by atoms with Crippen molar-refractivity contribution in [2.45, 2.75) is 44.0 Å². The molecule has 2 aromatic rings. The molecule has 160 valence electrons. The number of imidazole rings is 1. The van der Waals surface area contributed by atoms with Gasteiger partial charge >= 0.3 is 0 Å². The molecule has 9 nitrogen and oxygen atoms in total. The monoisotopic (exact) mass is 450 g/mol. The van der Waals surface area contributed by atoms with Gasteiger partial charge in [-0.2, -0.15) is 4.40 Å². The first kappa shape index (κ1) is 20.9. The molecule has 2 amide bonds. The number of aryl methyl sites for hydroxylation is 1. The third-order valence-corrected chi connectivity index (χ3v) is 7.91. The van der Waals surface area contributed by atoms with Crippen molar-refractivity contribution >= 4 is 51.3 Å². The van der Waals surface area contributed by atoms with Crippen molar-refractivity contribution in [1.82, 2.24) is 9.47 Å². The van der Waals surface area contributed by atoms with E-state index >= 15 is 0 Å². The van der Waals surface area contributed by atoms with Crippen molar-refractivity contribution in [1.29, 1.82) is 0 Å². The van der Waals surface area contributed by atoms with E-state index in [1.165, 1.54) is 28.0 Å². The van der Waals surface area contributed by atoms with E-state index in [-0.39, 0.29) is 35.9 Å². The summed E-state index contributed by atoms with van der Waals surface area (Å²) in [6.07, 6.45) is 4.98. The minimum absolute atomic E-state index is 0.105. The number of nitrogens with zero attached hydrogens (tertiary/aromatic N) is 3.